The maximum Gasteiger partial charge on any atom is 0.213 e. The number of rotatable bonds is 5. The molecule has 0 spiro atoms. The minimum atomic E-state index is -3.01. The summed E-state index contributed by atoms with van der Waals surface area (Å²) in [5, 5.41) is 3.79. The van der Waals surface area contributed by atoms with Gasteiger partial charge in [-0.1, -0.05) is 30.3 Å². The summed E-state index contributed by atoms with van der Waals surface area (Å²) in [6.45, 7) is 3.06. The Morgan fingerprint density at radius 3 is 2.39 bits per heavy atom. The van der Waals surface area contributed by atoms with Crippen LogP contribution in [-0.2, 0) is 10.0 Å². The van der Waals surface area contributed by atoms with Crippen molar-refractivity contribution in [1.29, 1.82) is 0 Å². The predicted molar refractivity (Wildman–Crippen MR) is 94.0 cm³/mol. The first kappa shape index (κ1) is 16.9. The summed E-state index contributed by atoms with van der Waals surface area (Å²) in [5.74, 6) is 0.890. The lowest BCUT2D eigenvalue weighted by atomic mass is 9.97. The average molecular weight is 337 g/mol. The summed E-state index contributed by atoms with van der Waals surface area (Å²) >= 11 is 0. The number of sulfonamides is 1. The Labute approximate surface area is 140 Å². The van der Waals surface area contributed by atoms with Crippen molar-refractivity contribution in [2.75, 3.05) is 18.8 Å². The predicted octanol–water partition coefficient (Wildman–Crippen LogP) is 2.73. The van der Waals surface area contributed by atoms with Crippen molar-refractivity contribution in [2.45, 2.75) is 57.0 Å². The Bertz CT molecular complexity index is 595. The van der Waals surface area contributed by atoms with E-state index in [4.69, 9.17) is 0 Å². The van der Waals surface area contributed by atoms with Gasteiger partial charge in [-0.25, -0.2) is 12.7 Å². The third-order valence-corrected chi connectivity index (χ3v) is 7.27. The van der Waals surface area contributed by atoms with Gasteiger partial charge in [0, 0.05) is 25.2 Å². The summed E-state index contributed by atoms with van der Waals surface area (Å²) in [6.07, 6.45) is 5.56. The molecule has 0 bridgehead atoms. The zero-order valence-electron chi connectivity index (χ0n) is 13.9. The lowest BCUT2D eigenvalue weighted by Crippen LogP contribution is -2.47. The minimum absolute atomic E-state index is 0.215. The van der Waals surface area contributed by atoms with E-state index in [2.05, 4.69) is 35.6 Å². The molecule has 1 N–H and O–H groups in total. The van der Waals surface area contributed by atoms with Crippen molar-refractivity contribution in [2.24, 2.45) is 0 Å². The van der Waals surface area contributed by atoms with Gasteiger partial charge in [0.05, 0.1) is 5.75 Å². The molecule has 5 heteroatoms. The smallest absolute Gasteiger partial charge is 0.213 e. The fourth-order valence-electron chi connectivity index (χ4n) is 3.98. The zero-order chi connectivity index (χ0) is 16.3. The molecule has 2 fully saturated rings. The fraction of sp³-hybridized carbons (Fsp3) is 0.667. The molecule has 0 amide bonds. The zero-order valence-corrected chi connectivity index (χ0v) is 14.8. The first-order valence-electron chi connectivity index (χ1n) is 8.87. The van der Waals surface area contributed by atoms with E-state index in [9.17, 15) is 8.42 Å². The standard InChI is InChI=1S/C18H28N2O2S/c1-2-23(21,22)20-12-10-17(11-13-20)19-18-9-8-16(14-18)15-6-4-3-5-7-15/h3-7,16-19H,2,8-14H2,1H3/t16-,18+/m0/s1. The SMILES string of the molecule is CCS(=O)(=O)N1CCC(N[C@@H]2CC[C@H](c3ccccc3)C2)CC1. The Kier molecular flexibility index (Phi) is 5.39. The molecule has 4 nitrogen and oxygen atoms in total. The quantitative estimate of drug-likeness (QED) is 0.899. The van der Waals surface area contributed by atoms with E-state index in [0.29, 0.717) is 31.1 Å². The van der Waals surface area contributed by atoms with Gasteiger partial charge in [-0.15, -0.1) is 0 Å². The van der Waals surface area contributed by atoms with Crippen molar-refractivity contribution in [1.82, 2.24) is 9.62 Å². The largest absolute Gasteiger partial charge is 0.311 e. The molecule has 0 unspecified atom stereocenters. The maximum atomic E-state index is 11.9. The number of piperidine rings is 1. The van der Waals surface area contributed by atoms with Crippen LogP contribution >= 0.6 is 0 Å². The highest BCUT2D eigenvalue weighted by Gasteiger charge is 2.30. The third-order valence-electron chi connectivity index (χ3n) is 5.39. The Hall–Kier alpha value is -0.910. The van der Waals surface area contributed by atoms with Gasteiger partial charge in [-0.2, -0.15) is 0 Å². The second-order valence-corrected chi connectivity index (χ2v) is 9.12. The molecule has 1 aliphatic carbocycles. The number of hydrogen-bond donors (Lipinski definition) is 1. The van der Waals surface area contributed by atoms with Gasteiger partial charge in [-0.3, -0.25) is 0 Å². The van der Waals surface area contributed by atoms with Crippen LogP contribution in [0.5, 0.6) is 0 Å². The molecule has 0 radical (unpaired) electrons. The number of nitrogens with one attached hydrogen (secondary N) is 1. The van der Waals surface area contributed by atoms with Gasteiger partial charge in [-0.05, 0) is 50.5 Å². The van der Waals surface area contributed by atoms with Crippen LogP contribution < -0.4 is 5.32 Å². The van der Waals surface area contributed by atoms with Gasteiger partial charge < -0.3 is 5.32 Å². The van der Waals surface area contributed by atoms with Crippen molar-refractivity contribution >= 4 is 10.0 Å². The van der Waals surface area contributed by atoms with Gasteiger partial charge in [0.25, 0.3) is 0 Å². The summed E-state index contributed by atoms with van der Waals surface area (Å²) < 4.78 is 25.5. The van der Waals surface area contributed by atoms with Crippen LogP contribution in [0.4, 0.5) is 0 Å². The second kappa shape index (κ2) is 7.32. The van der Waals surface area contributed by atoms with Crippen LogP contribution in [0.2, 0.25) is 0 Å². The molecule has 128 valence electrons. The molecular formula is C18H28N2O2S. The molecule has 0 aromatic heterocycles. The molecule has 1 aliphatic heterocycles. The molecule has 2 aliphatic rings. The van der Waals surface area contributed by atoms with Gasteiger partial charge in [0.15, 0.2) is 0 Å². The number of hydrogen-bond acceptors (Lipinski definition) is 3. The van der Waals surface area contributed by atoms with Crippen LogP contribution in [0.3, 0.4) is 0 Å². The number of benzene rings is 1. The molecule has 1 aromatic rings. The normalized spacial score (nSPS) is 27.3. The Morgan fingerprint density at radius 2 is 1.74 bits per heavy atom. The molecule has 23 heavy (non-hydrogen) atoms. The summed E-state index contributed by atoms with van der Waals surface area (Å²) in [5.41, 5.74) is 1.46. The monoisotopic (exact) mass is 336 g/mol. The van der Waals surface area contributed by atoms with Crippen LogP contribution in [0.1, 0.15) is 50.5 Å². The molecule has 1 saturated carbocycles. The van der Waals surface area contributed by atoms with E-state index < -0.39 is 10.0 Å². The van der Waals surface area contributed by atoms with Gasteiger partial charge in [0.1, 0.15) is 0 Å². The molecule has 1 saturated heterocycles. The summed E-state index contributed by atoms with van der Waals surface area (Å²) in [6, 6.07) is 11.9. The fourth-order valence-corrected chi connectivity index (χ4v) is 5.11. The van der Waals surface area contributed by atoms with Gasteiger partial charge in [0.2, 0.25) is 10.0 Å². The minimum Gasteiger partial charge on any atom is -0.311 e. The highest BCUT2D eigenvalue weighted by atomic mass is 32.2. The molecule has 1 aromatic carbocycles. The van der Waals surface area contributed by atoms with Gasteiger partial charge >= 0.3 is 0 Å². The van der Waals surface area contributed by atoms with Crippen LogP contribution in [0.15, 0.2) is 30.3 Å². The summed E-state index contributed by atoms with van der Waals surface area (Å²) in [4.78, 5) is 0. The third kappa shape index (κ3) is 4.14. The van der Waals surface area contributed by atoms with E-state index in [1.807, 2.05) is 0 Å². The summed E-state index contributed by atoms with van der Waals surface area (Å²) in [7, 11) is -3.01. The van der Waals surface area contributed by atoms with Crippen LogP contribution in [0.25, 0.3) is 0 Å². The lowest BCUT2D eigenvalue weighted by Gasteiger charge is -2.33. The van der Waals surface area contributed by atoms with E-state index >= 15 is 0 Å². The lowest BCUT2D eigenvalue weighted by molar-refractivity contribution is 0.273. The molecule has 3 rings (SSSR count). The van der Waals surface area contributed by atoms with E-state index in [0.717, 1.165) is 12.8 Å². The molecule has 2 atom stereocenters. The van der Waals surface area contributed by atoms with Crippen LogP contribution in [0, 0.1) is 0 Å². The van der Waals surface area contributed by atoms with Crippen molar-refractivity contribution in [3.8, 4) is 0 Å². The molecular weight excluding hydrogens is 308 g/mol. The van der Waals surface area contributed by atoms with Crippen molar-refractivity contribution < 1.29 is 8.42 Å². The van der Waals surface area contributed by atoms with Crippen molar-refractivity contribution in [3.63, 3.8) is 0 Å². The van der Waals surface area contributed by atoms with Crippen molar-refractivity contribution in [3.05, 3.63) is 35.9 Å². The van der Waals surface area contributed by atoms with Crippen LogP contribution in [-0.4, -0.2) is 43.6 Å². The maximum absolute atomic E-state index is 11.9. The topological polar surface area (TPSA) is 49.4 Å². The Morgan fingerprint density at radius 1 is 1.04 bits per heavy atom. The first-order chi connectivity index (χ1) is 11.1. The van der Waals surface area contributed by atoms with E-state index in [1.165, 1.54) is 24.8 Å². The molecule has 1 heterocycles. The second-order valence-electron chi connectivity index (χ2n) is 6.86. The van der Waals surface area contributed by atoms with E-state index in [1.54, 1.807) is 11.2 Å². The first-order valence-corrected chi connectivity index (χ1v) is 10.5. The van der Waals surface area contributed by atoms with E-state index in [-0.39, 0.29) is 5.75 Å². The number of nitrogens with zero attached hydrogens (tertiary/aromatic N) is 1. The highest BCUT2D eigenvalue weighted by Crippen LogP contribution is 2.34. The average Bonchev–Trinajstić information content (AvgIpc) is 3.05. The Balaban J connectivity index is 1.47. The highest BCUT2D eigenvalue weighted by molar-refractivity contribution is 7.89.